The van der Waals surface area contributed by atoms with Gasteiger partial charge in [0.15, 0.2) is 0 Å². The Balaban J connectivity index is 3.15. The van der Waals surface area contributed by atoms with Crippen molar-refractivity contribution < 1.29 is 15.0 Å². The number of unbranched alkanes of at least 4 members (excludes halogenated alkanes) is 14. The molecule has 0 heterocycles. The molecule has 0 bridgehead atoms. The lowest BCUT2D eigenvalue weighted by Crippen LogP contribution is -2.01. The zero-order chi connectivity index (χ0) is 20.0. The van der Waals surface area contributed by atoms with Crippen LogP contribution < -0.4 is 0 Å². The summed E-state index contributed by atoms with van der Waals surface area (Å²) in [5.74, 6) is 1.42. The molecule has 3 nitrogen and oxygen atoms in total. The number of aliphatic hydroxyl groups is 1. The van der Waals surface area contributed by atoms with E-state index < -0.39 is 5.97 Å². The van der Waals surface area contributed by atoms with Crippen LogP contribution >= 0.6 is 24.4 Å². The second kappa shape index (κ2) is 22.4. The molecule has 2 N–H and O–H groups in total. The van der Waals surface area contributed by atoms with E-state index in [9.17, 15) is 9.90 Å². The average Bonchev–Trinajstić information content (AvgIpc) is 2.64. The van der Waals surface area contributed by atoms with Gasteiger partial charge in [-0.1, -0.05) is 83.5 Å². The Morgan fingerprint density at radius 2 is 1.15 bits per heavy atom. The highest BCUT2D eigenvalue weighted by Gasteiger charge is 2.04. The smallest absolute Gasteiger partial charge is 0.303 e. The van der Waals surface area contributed by atoms with Gasteiger partial charge in [-0.3, -0.25) is 4.79 Å². The predicted octanol–water partition coefficient (Wildman–Crippen LogP) is 7.07. The van der Waals surface area contributed by atoms with Crippen molar-refractivity contribution in [1.82, 2.24) is 0 Å². The number of hydrogen-bond donors (Lipinski definition) is 3. The molecule has 0 amide bonds. The van der Waals surface area contributed by atoms with Crippen molar-refractivity contribution in [2.45, 2.75) is 121 Å². The number of rotatable bonds is 22. The van der Waals surface area contributed by atoms with E-state index in [2.05, 4.69) is 12.6 Å². The molecule has 0 spiro atoms. The van der Waals surface area contributed by atoms with Crippen LogP contribution in [0.15, 0.2) is 0 Å². The number of thioether (sulfide) groups is 1. The normalized spacial score (nSPS) is 12.4. The molecule has 0 aromatic rings. The number of carboxylic acid groups (broad SMARTS) is 1. The second-order valence-electron chi connectivity index (χ2n) is 7.64. The van der Waals surface area contributed by atoms with Gasteiger partial charge in [-0.05, 0) is 37.2 Å². The van der Waals surface area contributed by atoms with Gasteiger partial charge in [0.05, 0.1) is 5.44 Å². The van der Waals surface area contributed by atoms with Crippen LogP contribution in [0.4, 0.5) is 0 Å². The van der Waals surface area contributed by atoms with Gasteiger partial charge >= 0.3 is 5.97 Å². The molecule has 0 fully saturated rings. The maximum atomic E-state index is 10.4. The van der Waals surface area contributed by atoms with Gasteiger partial charge in [0.25, 0.3) is 0 Å². The van der Waals surface area contributed by atoms with Crippen LogP contribution in [-0.4, -0.2) is 33.1 Å². The fourth-order valence-corrected chi connectivity index (χ4v) is 4.43. The van der Waals surface area contributed by atoms with E-state index in [1.165, 1.54) is 77.0 Å². The maximum absolute atomic E-state index is 10.4. The average molecular weight is 421 g/mol. The van der Waals surface area contributed by atoms with E-state index in [0.29, 0.717) is 6.42 Å². The largest absolute Gasteiger partial charge is 0.481 e. The van der Waals surface area contributed by atoms with Gasteiger partial charge < -0.3 is 10.2 Å². The molecule has 0 saturated heterocycles. The summed E-state index contributed by atoms with van der Waals surface area (Å²) < 4.78 is 0. The fraction of sp³-hybridized carbons (Fsp3) is 0.955. The molecule has 0 saturated carbocycles. The van der Waals surface area contributed by atoms with Gasteiger partial charge in [0, 0.05) is 6.42 Å². The summed E-state index contributed by atoms with van der Waals surface area (Å²) in [5, 5.41) is 18.6. The number of aliphatic hydroxyl groups excluding tert-OH is 1. The van der Waals surface area contributed by atoms with Crippen LogP contribution in [0.2, 0.25) is 0 Å². The minimum absolute atomic E-state index is 0.172. The number of carboxylic acids is 1. The fourth-order valence-electron chi connectivity index (χ4n) is 3.23. The van der Waals surface area contributed by atoms with Crippen LogP contribution in [0.1, 0.15) is 116 Å². The number of thiol groups is 1. The first-order chi connectivity index (χ1) is 13.2. The molecule has 5 heteroatoms. The highest BCUT2D eigenvalue weighted by Crippen LogP contribution is 2.19. The first-order valence-corrected chi connectivity index (χ1v) is 13.0. The summed E-state index contributed by atoms with van der Waals surface area (Å²) in [6.45, 7) is 0. The van der Waals surface area contributed by atoms with E-state index in [4.69, 9.17) is 5.11 Å². The number of carbonyl (C=O) groups is 1. The third kappa shape index (κ3) is 24.1. The third-order valence-electron chi connectivity index (χ3n) is 4.95. The van der Waals surface area contributed by atoms with Crippen molar-refractivity contribution in [1.29, 1.82) is 0 Å². The molecule has 1 unspecified atom stereocenters. The maximum Gasteiger partial charge on any atom is 0.303 e. The molecule has 162 valence electrons. The van der Waals surface area contributed by atoms with Crippen molar-refractivity contribution in [3.63, 3.8) is 0 Å². The summed E-state index contributed by atoms with van der Waals surface area (Å²) in [5.41, 5.74) is -0.172. The minimum Gasteiger partial charge on any atom is -0.481 e. The summed E-state index contributed by atoms with van der Waals surface area (Å²) in [4.78, 5) is 10.4. The monoisotopic (exact) mass is 420 g/mol. The molecule has 27 heavy (non-hydrogen) atoms. The lowest BCUT2D eigenvalue weighted by Gasteiger charge is -2.10. The standard InChI is InChI=1S/C22H44O3S2/c23-21(24)17-13-9-5-2-4-8-12-16-20-27-22(25)18-14-10-6-1-3-7-11-15-19-26/h22,25-26H,1-20H2,(H,23,24). The van der Waals surface area contributed by atoms with Crippen molar-refractivity contribution in [3.05, 3.63) is 0 Å². The van der Waals surface area contributed by atoms with Crippen LogP contribution in [0.3, 0.4) is 0 Å². The van der Waals surface area contributed by atoms with Crippen molar-refractivity contribution in [3.8, 4) is 0 Å². The van der Waals surface area contributed by atoms with E-state index in [1.807, 2.05) is 0 Å². The molecule has 0 aliphatic rings. The molecule has 0 aliphatic carbocycles. The van der Waals surface area contributed by atoms with Gasteiger partial charge in [0.1, 0.15) is 0 Å². The minimum atomic E-state index is -0.676. The van der Waals surface area contributed by atoms with Crippen molar-refractivity contribution >= 4 is 30.4 Å². The Kier molecular flexibility index (Phi) is 22.5. The van der Waals surface area contributed by atoms with Gasteiger partial charge in [0.2, 0.25) is 0 Å². The van der Waals surface area contributed by atoms with Gasteiger partial charge in [-0.15, -0.1) is 11.8 Å². The Bertz CT molecular complexity index is 314. The van der Waals surface area contributed by atoms with E-state index >= 15 is 0 Å². The summed E-state index contributed by atoms with van der Waals surface area (Å²) >= 11 is 5.96. The van der Waals surface area contributed by atoms with Crippen molar-refractivity contribution in [2.24, 2.45) is 0 Å². The lowest BCUT2D eigenvalue weighted by molar-refractivity contribution is -0.137. The summed E-state index contributed by atoms with van der Waals surface area (Å²) in [6, 6.07) is 0. The van der Waals surface area contributed by atoms with Crippen LogP contribution in [0.25, 0.3) is 0 Å². The first-order valence-electron chi connectivity index (χ1n) is 11.3. The van der Waals surface area contributed by atoms with E-state index in [0.717, 1.165) is 43.6 Å². The molecule has 0 aliphatic heterocycles. The molecule has 0 radical (unpaired) electrons. The van der Waals surface area contributed by atoms with Crippen LogP contribution in [-0.2, 0) is 4.79 Å². The number of aliphatic carboxylic acids is 1. The molecular weight excluding hydrogens is 376 g/mol. The Labute approximate surface area is 177 Å². The highest BCUT2D eigenvalue weighted by atomic mass is 32.2. The molecule has 0 aromatic carbocycles. The van der Waals surface area contributed by atoms with E-state index in [1.54, 1.807) is 11.8 Å². The second-order valence-corrected chi connectivity index (χ2v) is 9.37. The van der Waals surface area contributed by atoms with Crippen LogP contribution in [0, 0.1) is 0 Å². The zero-order valence-corrected chi connectivity index (χ0v) is 19.1. The Morgan fingerprint density at radius 3 is 1.67 bits per heavy atom. The predicted molar refractivity (Wildman–Crippen MR) is 123 cm³/mol. The quantitative estimate of drug-likeness (QED) is 0.0995. The molecule has 0 rings (SSSR count). The van der Waals surface area contributed by atoms with Gasteiger partial charge in [-0.2, -0.15) is 12.6 Å². The molecule has 1 atom stereocenters. The summed E-state index contributed by atoms with van der Waals surface area (Å²) in [7, 11) is 0. The lowest BCUT2D eigenvalue weighted by atomic mass is 10.1. The Morgan fingerprint density at radius 1 is 0.704 bits per heavy atom. The Hall–Kier alpha value is 0.130. The third-order valence-corrected chi connectivity index (χ3v) is 6.42. The molecular formula is C22H44O3S2. The number of hydrogen-bond acceptors (Lipinski definition) is 4. The van der Waals surface area contributed by atoms with Gasteiger partial charge in [-0.25, -0.2) is 0 Å². The zero-order valence-electron chi connectivity index (χ0n) is 17.4. The van der Waals surface area contributed by atoms with E-state index in [-0.39, 0.29) is 5.44 Å². The van der Waals surface area contributed by atoms with Crippen molar-refractivity contribution in [2.75, 3.05) is 11.5 Å². The molecule has 0 aromatic heterocycles. The highest BCUT2D eigenvalue weighted by molar-refractivity contribution is 7.99. The first kappa shape index (κ1) is 27.1. The van der Waals surface area contributed by atoms with Crippen LogP contribution in [0.5, 0.6) is 0 Å². The summed E-state index contributed by atoms with van der Waals surface area (Å²) in [6.07, 6.45) is 20.9. The topological polar surface area (TPSA) is 57.5 Å². The SMILES string of the molecule is O=C(O)CCCCCCCCCCSC(O)CCCCCCCCCCS.